The summed E-state index contributed by atoms with van der Waals surface area (Å²) < 4.78 is 0. The maximum absolute atomic E-state index is 5.67. The number of hydrogen-bond acceptors (Lipinski definition) is 4. The normalized spacial score (nSPS) is 10.3. The standard InChI is InChI=1S/C9H16N4/c1-2-3-4-8-12-6-7(5-10)9(11)13-8/h6H,2-5,10H2,1H3,(H2,11,12,13). The summed E-state index contributed by atoms with van der Waals surface area (Å²) in [5, 5.41) is 0. The van der Waals surface area contributed by atoms with Crippen LogP contribution >= 0.6 is 0 Å². The van der Waals surface area contributed by atoms with Gasteiger partial charge in [-0.25, -0.2) is 9.97 Å². The molecule has 0 radical (unpaired) electrons. The van der Waals surface area contributed by atoms with Gasteiger partial charge < -0.3 is 11.5 Å². The number of nitrogens with zero attached hydrogens (tertiary/aromatic N) is 2. The monoisotopic (exact) mass is 180 g/mol. The van der Waals surface area contributed by atoms with Crippen LogP contribution in [0.1, 0.15) is 31.2 Å². The minimum Gasteiger partial charge on any atom is -0.383 e. The van der Waals surface area contributed by atoms with Crippen molar-refractivity contribution < 1.29 is 0 Å². The van der Waals surface area contributed by atoms with Crippen LogP contribution in [-0.4, -0.2) is 9.97 Å². The summed E-state index contributed by atoms with van der Waals surface area (Å²) in [4.78, 5) is 8.34. The third-order valence-corrected chi connectivity index (χ3v) is 1.92. The molecule has 0 saturated carbocycles. The topological polar surface area (TPSA) is 77.8 Å². The van der Waals surface area contributed by atoms with Gasteiger partial charge in [-0.05, 0) is 6.42 Å². The zero-order valence-electron chi connectivity index (χ0n) is 7.95. The highest BCUT2D eigenvalue weighted by Crippen LogP contribution is 2.07. The number of nitrogen functional groups attached to an aromatic ring is 1. The zero-order valence-corrected chi connectivity index (χ0v) is 7.95. The Morgan fingerprint density at radius 3 is 2.77 bits per heavy atom. The molecule has 72 valence electrons. The molecule has 0 amide bonds. The van der Waals surface area contributed by atoms with Crippen LogP contribution in [0.15, 0.2) is 6.20 Å². The number of aromatic nitrogens is 2. The summed E-state index contributed by atoms with van der Waals surface area (Å²) in [5.74, 6) is 1.33. The Morgan fingerprint density at radius 1 is 1.46 bits per heavy atom. The minimum absolute atomic E-state index is 0.403. The molecule has 4 N–H and O–H groups in total. The zero-order chi connectivity index (χ0) is 9.68. The van der Waals surface area contributed by atoms with E-state index in [0.29, 0.717) is 12.4 Å². The molecule has 0 aliphatic rings. The van der Waals surface area contributed by atoms with E-state index in [1.165, 1.54) is 0 Å². The summed E-state index contributed by atoms with van der Waals surface area (Å²) in [6.45, 7) is 2.54. The Balaban J connectivity index is 2.71. The van der Waals surface area contributed by atoms with Crippen molar-refractivity contribution in [3.05, 3.63) is 17.6 Å². The third kappa shape index (κ3) is 2.66. The summed E-state index contributed by atoms with van der Waals surface area (Å²) in [6, 6.07) is 0. The Hall–Kier alpha value is -1.16. The van der Waals surface area contributed by atoms with Crippen molar-refractivity contribution in [2.45, 2.75) is 32.7 Å². The lowest BCUT2D eigenvalue weighted by atomic mass is 10.2. The molecular weight excluding hydrogens is 164 g/mol. The maximum atomic E-state index is 5.67. The second-order valence-electron chi connectivity index (χ2n) is 3.00. The van der Waals surface area contributed by atoms with E-state index in [1.54, 1.807) is 6.20 Å². The number of hydrogen-bond donors (Lipinski definition) is 2. The van der Waals surface area contributed by atoms with E-state index >= 15 is 0 Å². The predicted molar refractivity (Wildman–Crippen MR) is 52.9 cm³/mol. The summed E-state index contributed by atoms with van der Waals surface area (Å²) in [5.41, 5.74) is 11.9. The van der Waals surface area contributed by atoms with Gasteiger partial charge in [-0.3, -0.25) is 0 Å². The van der Waals surface area contributed by atoms with Gasteiger partial charge in [-0.15, -0.1) is 0 Å². The molecule has 4 heteroatoms. The lowest BCUT2D eigenvalue weighted by molar-refractivity contribution is 0.750. The molecule has 4 nitrogen and oxygen atoms in total. The Kier molecular flexibility index (Phi) is 3.64. The van der Waals surface area contributed by atoms with Crippen LogP contribution in [0, 0.1) is 0 Å². The van der Waals surface area contributed by atoms with Gasteiger partial charge in [0.15, 0.2) is 0 Å². The first kappa shape index (κ1) is 9.92. The number of nitrogens with two attached hydrogens (primary N) is 2. The molecule has 0 aliphatic heterocycles. The predicted octanol–water partition coefficient (Wildman–Crippen LogP) is 0.860. The minimum atomic E-state index is 0.403. The molecular formula is C9H16N4. The van der Waals surface area contributed by atoms with Gasteiger partial charge in [0.05, 0.1) is 0 Å². The van der Waals surface area contributed by atoms with Crippen LogP contribution < -0.4 is 11.5 Å². The van der Waals surface area contributed by atoms with Gasteiger partial charge in [0.1, 0.15) is 11.6 Å². The van der Waals surface area contributed by atoms with E-state index in [-0.39, 0.29) is 0 Å². The van der Waals surface area contributed by atoms with Gasteiger partial charge in [0.25, 0.3) is 0 Å². The number of aryl methyl sites for hydroxylation is 1. The molecule has 1 heterocycles. The highest BCUT2D eigenvalue weighted by Gasteiger charge is 2.01. The van der Waals surface area contributed by atoms with Gasteiger partial charge in [0, 0.05) is 24.7 Å². The first-order valence-corrected chi connectivity index (χ1v) is 4.58. The van der Waals surface area contributed by atoms with Crippen molar-refractivity contribution in [2.24, 2.45) is 5.73 Å². The average Bonchev–Trinajstić information content (AvgIpc) is 2.15. The van der Waals surface area contributed by atoms with E-state index in [9.17, 15) is 0 Å². The van der Waals surface area contributed by atoms with Gasteiger partial charge in [-0.2, -0.15) is 0 Å². The highest BCUT2D eigenvalue weighted by molar-refractivity contribution is 5.37. The average molecular weight is 180 g/mol. The molecule has 0 bridgehead atoms. The lowest BCUT2D eigenvalue weighted by Gasteiger charge is -2.03. The fourth-order valence-electron chi connectivity index (χ4n) is 1.07. The molecule has 0 unspecified atom stereocenters. The van der Waals surface area contributed by atoms with Crippen molar-refractivity contribution in [1.82, 2.24) is 9.97 Å². The van der Waals surface area contributed by atoms with Crippen molar-refractivity contribution in [1.29, 1.82) is 0 Å². The van der Waals surface area contributed by atoms with Gasteiger partial charge in [0.2, 0.25) is 0 Å². The number of rotatable bonds is 4. The Morgan fingerprint density at radius 2 is 2.23 bits per heavy atom. The van der Waals surface area contributed by atoms with E-state index in [2.05, 4.69) is 16.9 Å². The molecule has 1 aromatic rings. The van der Waals surface area contributed by atoms with Crippen LogP contribution in [0.25, 0.3) is 0 Å². The molecule has 0 saturated heterocycles. The molecule has 0 aliphatic carbocycles. The van der Waals surface area contributed by atoms with Gasteiger partial charge in [-0.1, -0.05) is 13.3 Å². The van der Waals surface area contributed by atoms with E-state index < -0.39 is 0 Å². The van der Waals surface area contributed by atoms with Crippen molar-refractivity contribution in [3.8, 4) is 0 Å². The fraction of sp³-hybridized carbons (Fsp3) is 0.556. The Bertz CT molecular complexity index is 272. The molecule has 13 heavy (non-hydrogen) atoms. The second kappa shape index (κ2) is 4.77. The second-order valence-corrected chi connectivity index (χ2v) is 3.00. The molecule has 1 aromatic heterocycles. The SMILES string of the molecule is CCCCc1ncc(CN)c(N)n1. The van der Waals surface area contributed by atoms with Gasteiger partial charge >= 0.3 is 0 Å². The molecule has 0 atom stereocenters. The van der Waals surface area contributed by atoms with E-state index in [1.807, 2.05) is 0 Å². The lowest BCUT2D eigenvalue weighted by Crippen LogP contribution is -2.07. The summed E-state index contributed by atoms with van der Waals surface area (Å²) in [7, 11) is 0. The van der Waals surface area contributed by atoms with Crippen LogP contribution in [0.5, 0.6) is 0 Å². The third-order valence-electron chi connectivity index (χ3n) is 1.92. The van der Waals surface area contributed by atoms with Crippen LogP contribution in [-0.2, 0) is 13.0 Å². The van der Waals surface area contributed by atoms with Crippen molar-refractivity contribution in [2.75, 3.05) is 5.73 Å². The van der Waals surface area contributed by atoms with E-state index in [0.717, 1.165) is 30.7 Å². The quantitative estimate of drug-likeness (QED) is 0.720. The van der Waals surface area contributed by atoms with Crippen LogP contribution in [0.2, 0.25) is 0 Å². The summed E-state index contributed by atoms with van der Waals surface area (Å²) in [6.07, 6.45) is 4.85. The van der Waals surface area contributed by atoms with E-state index in [4.69, 9.17) is 11.5 Å². The first-order chi connectivity index (χ1) is 6.27. The smallest absolute Gasteiger partial charge is 0.131 e. The Labute approximate surface area is 78.4 Å². The van der Waals surface area contributed by atoms with Crippen molar-refractivity contribution >= 4 is 5.82 Å². The molecule has 0 spiro atoms. The largest absolute Gasteiger partial charge is 0.383 e. The highest BCUT2D eigenvalue weighted by atomic mass is 14.9. The first-order valence-electron chi connectivity index (χ1n) is 4.58. The molecule has 0 aromatic carbocycles. The maximum Gasteiger partial charge on any atom is 0.131 e. The number of anilines is 1. The molecule has 0 fully saturated rings. The number of unbranched alkanes of at least 4 members (excludes halogenated alkanes) is 1. The van der Waals surface area contributed by atoms with Crippen LogP contribution in [0.4, 0.5) is 5.82 Å². The summed E-state index contributed by atoms with van der Waals surface area (Å²) >= 11 is 0. The van der Waals surface area contributed by atoms with Crippen molar-refractivity contribution in [3.63, 3.8) is 0 Å². The fourth-order valence-corrected chi connectivity index (χ4v) is 1.07. The van der Waals surface area contributed by atoms with Crippen LogP contribution in [0.3, 0.4) is 0 Å². The molecule has 1 rings (SSSR count).